The topological polar surface area (TPSA) is 3.24 Å². The van der Waals surface area contributed by atoms with Crippen molar-refractivity contribution in [1.29, 1.82) is 0 Å². The first-order valence-corrected chi connectivity index (χ1v) is 5.20. The SMILES string of the molecule is CN(C)c1ccc(-c2cccc(F)c2)cc1. The molecule has 0 aliphatic carbocycles. The molecule has 0 bridgehead atoms. The van der Waals surface area contributed by atoms with Gasteiger partial charge in [-0.15, -0.1) is 0 Å². The van der Waals surface area contributed by atoms with Crippen LogP contribution in [0, 0.1) is 5.82 Å². The van der Waals surface area contributed by atoms with Gasteiger partial charge in [0.05, 0.1) is 0 Å². The zero-order chi connectivity index (χ0) is 11.5. The summed E-state index contributed by atoms with van der Waals surface area (Å²) < 4.78 is 13.1. The minimum atomic E-state index is -0.200. The van der Waals surface area contributed by atoms with Gasteiger partial charge in [-0.25, -0.2) is 4.39 Å². The Balaban J connectivity index is 2.35. The molecule has 16 heavy (non-hydrogen) atoms. The molecule has 0 aliphatic rings. The second-order valence-corrected chi connectivity index (χ2v) is 3.95. The van der Waals surface area contributed by atoms with E-state index in [9.17, 15) is 4.39 Å². The predicted molar refractivity (Wildman–Crippen MR) is 66.2 cm³/mol. The van der Waals surface area contributed by atoms with Gasteiger partial charge in [0.15, 0.2) is 0 Å². The van der Waals surface area contributed by atoms with Gasteiger partial charge in [-0.05, 0) is 35.4 Å². The summed E-state index contributed by atoms with van der Waals surface area (Å²) >= 11 is 0. The maximum atomic E-state index is 13.1. The number of hydrogen-bond donors (Lipinski definition) is 0. The Morgan fingerprint density at radius 3 is 2.12 bits per heavy atom. The van der Waals surface area contributed by atoms with E-state index in [1.54, 1.807) is 12.1 Å². The van der Waals surface area contributed by atoms with Crippen molar-refractivity contribution in [2.75, 3.05) is 19.0 Å². The molecule has 0 unspecified atom stereocenters. The molecule has 0 spiro atoms. The van der Waals surface area contributed by atoms with Crippen molar-refractivity contribution in [3.8, 4) is 11.1 Å². The number of rotatable bonds is 2. The van der Waals surface area contributed by atoms with Crippen molar-refractivity contribution >= 4 is 5.69 Å². The Morgan fingerprint density at radius 1 is 0.875 bits per heavy atom. The van der Waals surface area contributed by atoms with Crippen LogP contribution in [0.15, 0.2) is 48.5 Å². The van der Waals surface area contributed by atoms with Crippen LogP contribution >= 0.6 is 0 Å². The summed E-state index contributed by atoms with van der Waals surface area (Å²) in [4.78, 5) is 2.04. The molecule has 0 atom stereocenters. The Labute approximate surface area is 95.1 Å². The number of hydrogen-bond acceptors (Lipinski definition) is 1. The van der Waals surface area contributed by atoms with Gasteiger partial charge in [0, 0.05) is 19.8 Å². The first-order valence-electron chi connectivity index (χ1n) is 5.20. The molecule has 0 amide bonds. The van der Waals surface area contributed by atoms with Crippen molar-refractivity contribution in [1.82, 2.24) is 0 Å². The number of nitrogens with zero attached hydrogens (tertiary/aromatic N) is 1. The van der Waals surface area contributed by atoms with E-state index in [1.807, 2.05) is 49.3 Å². The van der Waals surface area contributed by atoms with Crippen LogP contribution in [0.4, 0.5) is 10.1 Å². The Hall–Kier alpha value is -1.83. The molecular weight excluding hydrogens is 201 g/mol. The smallest absolute Gasteiger partial charge is 0.123 e. The van der Waals surface area contributed by atoms with Gasteiger partial charge in [-0.1, -0.05) is 24.3 Å². The van der Waals surface area contributed by atoms with E-state index in [1.165, 1.54) is 6.07 Å². The second-order valence-electron chi connectivity index (χ2n) is 3.95. The molecule has 0 saturated heterocycles. The normalized spacial score (nSPS) is 10.2. The number of benzene rings is 2. The van der Waals surface area contributed by atoms with Crippen LogP contribution in [0.3, 0.4) is 0 Å². The summed E-state index contributed by atoms with van der Waals surface area (Å²) in [5.41, 5.74) is 3.08. The average molecular weight is 215 g/mol. The summed E-state index contributed by atoms with van der Waals surface area (Å²) in [5.74, 6) is -0.200. The van der Waals surface area contributed by atoms with Crippen LogP contribution in [0.2, 0.25) is 0 Å². The van der Waals surface area contributed by atoms with Crippen molar-refractivity contribution < 1.29 is 4.39 Å². The largest absolute Gasteiger partial charge is 0.378 e. The van der Waals surface area contributed by atoms with Crippen molar-refractivity contribution in [3.63, 3.8) is 0 Å². The predicted octanol–water partition coefficient (Wildman–Crippen LogP) is 3.56. The maximum absolute atomic E-state index is 13.1. The molecule has 0 heterocycles. The van der Waals surface area contributed by atoms with E-state index in [0.29, 0.717) is 0 Å². The highest BCUT2D eigenvalue weighted by molar-refractivity contribution is 5.66. The molecule has 82 valence electrons. The number of anilines is 1. The highest BCUT2D eigenvalue weighted by Crippen LogP contribution is 2.22. The van der Waals surface area contributed by atoms with E-state index in [0.717, 1.165) is 16.8 Å². The van der Waals surface area contributed by atoms with Gasteiger partial charge in [-0.2, -0.15) is 0 Å². The van der Waals surface area contributed by atoms with Gasteiger partial charge < -0.3 is 4.90 Å². The molecule has 2 aromatic rings. The summed E-state index contributed by atoms with van der Waals surface area (Å²) in [6.45, 7) is 0. The quantitative estimate of drug-likeness (QED) is 0.740. The first kappa shape index (κ1) is 10.7. The minimum absolute atomic E-state index is 0.200. The molecule has 0 saturated carbocycles. The molecule has 2 aromatic carbocycles. The average Bonchev–Trinajstić information content (AvgIpc) is 2.29. The summed E-state index contributed by atoms with van der Waals surface area (Å²) in [7, 11) is 3.99. The molecule has 2 rings (SSSR count). The monoisotopic (exact) mass is 215 g/mol. The standard InChI is InChI=1S/C14H14FN/c1-16(2)14-8-6-11(7-9-14)12-4-3-5-13(15)10-12/h3-10H,1-2H3. The van der Waals surface area contributed by atoms with E-state index >= 15 is 0 Å². The molecule has 0 aliphatic heterocycles. The Kier molecular flexibility index (Phi) is 2.91. The molecule has 2 heteroatoms. The van der Waals surface area contributed by atoms with Crippen LogP contribution in [0.25, 0.3) is 11.1 Å². The third kappa shape index (κ3) is 2.22. The zero-order valence-electron chi connectivity index (χ0n) is 9.44. The molecule has 0 N–H and O–H groups in total. The maximum Gasteiger partial charge on any atom is 0.123 e. The fourth-order valence-corrected chi connectivity index (χ4v) is 1.62. The fraction of sp³-hybridized carbons (Fsp3) is 0.143. The number of halogens is 1. The van der Waals surface area contributed by atoms with Crippen LogP contribution in [-0.4, -0.2) is 14.1 Å². The Morgan fingerprint density at radius 2 is 1.56 bits per heavy atom. The third-order valence-corrected chi connectivity index (χ3v) is 2.54. The lowest BCUT2D eigenvalue weighted by atomic mass is 10.1. The minimum Gasteiger partial charge on any atom is -0.378 e. The lowest BCUT2D eigenvalue weighted by Gasteiger charge is -2.12. The lowest BCUT2D eigenvalue weighted by Crippen LogP contribution is -2.07. The summed E-state index contributed by atoms with van der Waals surface area (Å²) in [6.07, 6.45) is 0. The van der Waals surface area contributed by atoms with Gasteiger partial charge >= 0.3 is 0 Å². The molecule has 0 fully saturated rings. The van der Waals surface area contributed by atoms with Crippen molar-refractivity contribution in [2.24, 2.45) is 0 Å². The molecular formula is C14H14FN. The van der Waals surface area contributed by atoms with Crippen molar-refractivity contribution in [3.05, 3.63) is 54.3 Å². The van der Waals surface area contributed by atoms with Crippen LogP contribution in [0.1, 0.15) is 0 Å². The first-order chi connectivity index (χ1) is 7.66. The van der Waals surface area contributed by atoms with Crippen molar-refractivity contribution in [2.45, 2.75) is 0 Å². The fourth-order valence-electron chi connectivity index (χ4n) is 1.62. The summed E-state index contributed by atoms with van der Waals surface area (Å²) in [6, 6.07) is 14.7. The Bertz CT molecular complexity index is 474. The molecule has 0 radical (unpaired) electrons. The third-order valence-electron chi connectivity index (χ3n) is 2.54. The van der Waals surface area contributed by atoms with E-state index in [-0.39, 0.29) is 5.82 Å². The highest BCUT2D eigenvalue weighted by Gasteiger charge is 2.00. The summed E-state index contributed by atoms with van der Waals surface area (Å²) in [5, 5.41) is 0. The van der Waals surface area contributed by atoms with Gasteiger partial charge in [-0.3, -0.25) is 0 Å². The van der Waals surface area contributed by atoms with Gasteiger partial charge in [0.1, 0.15) is 5.82 Å². The van der Waals surface area contributed by atoms with E-state index in [4.69, 9.17) is 0 Å². The molecule has 1 nitrogen and oxygen atoms in total. The van der Waals surface area contributed by atoms with E-state index < -0.39 is 0 Å². The van der Waals surface area contributed by atoms with E-state index in [2.05, 4.69) is 0 Å². The second kappa shape index (κ2) is 4.35. The van der Waals surface area contributed by atoms with Crippen LogP contribution in [0.5, 0.6) is 0 Å². The van der Waals surface area contributed by atoms with Gasteiger partial charge in [0.25, 0.3) is 0 Å². The highest BCUT2D eigenvalue weighted by atomic mass is 19.1. The molecule has 0 aromatic heterocycles. The van der Waals surface area contributed by atoms with Crippen LogP contribution < -0.4 is 4.90 Å². The lowest BCUT2D eigenvalue weighted by molar-refractivity contribution is 0.628. The van der Waals surface area contributed by atoms with Crippen LogP contribution in [-0.2, 0) is 0 Å². The zero-order valence-corrected chi connectivity index (χ0v) is 9.44. The van der Waals surface area contributed by atoms with Gasteiger partial charge in [0.2, 0.25) is 0 Å².